The van der Waals surface area contributed by atoms with Crippen LogP contribution in [0.15, 0.2) is 48.5 Å². The highest BCUT2D eigenvalue weighted by Gasteiger charge is 2.16. The van der Waals surface area contributed by atoms with Crippen molar-refractivity contribution in [3.63, 3.8) is 0 Å². The van der Waals surface area contributed by atoms with Crippen LogP contribution in [0.25, 0.3) is 0 Å². The molecule has 0 bridgehead atoms. The molecule has 0 aromatic heterocycles. The summed E-state index contributed by atoms with van der Waals surface area (Å²) in [6.07, 6.45) is 2.34. The Bertz CT molecular complexity index is 666. The van der Waals surface area contributed by atoms with Gasteiger partial charge in [-0.3, -0.25) is 4.79 Å². The highest BCUT2D eigenvalue weighted by atomic mass is 35.5. The summed E-state index contributed by atoms with van der Waals surface area (Å²) in [5.74, 6) is 0.528. The zero-order valence-corrected chi connectivity index (χ0v) is 13.4. The van der Waals surface area contributed by atoms with E-state index in [2.05, 4.69) is 5.32 Å². The molecule has 0 spiro atoms. The topological polar surface area (TPSA) is 47.6 Å². The molecule has 0 saturated carbocycles. The van der Waals surface area contributed by atoms with E-state index in [0.717, 1.165) is 25.2 Å². The van der Waals surface area contributed by atoms with E-state index in [-0.39, 0.29) is 12.0 Å². The highest BCUT2D eigenvalue weighted by Crippen LogP contribution is 2.20. The summed E-state index contributed by atoms with van der Waals surface area (Å²) in [5.41, 5.74) is 1.15. The minimum Gasteiger partial charge on any atom is -0.491 e. The van der Waals surface area contributed by atoms with Crippen LogP contribution in [0.4, 0.5) is 5.69 Å². The van der Waals surface area contributed by atoms with E-state index in [9.17, 15) is 4.79 Å². The first-order chi connectivity index (χ1) is 11.2. The molecule has 0 aliphatic carbocycles. The average Bonchev–Trinajstić information content (AvgIpc) is 3.08. The van der Waals surface area contributed by atoms with E-state index >= 15 is 0 Å². The predicted molar refractivity (Wildman–Crippen MR) is 90.3 cm³/mol. The summed E-state index contributed by atoms with van der Waals surface area (Å²) < 4.78 is 11.2. The van der Waals surface area contributed by atoms with Crippen LogP contribution in [-0.4, -0.2) is 25.2 Å². The van der Waals surface area contributed by atoms with Gasteiger partial charge in [-0.25, -0.2) is 0 Å². The first kappa shape index (κ1) is 15.8. The second-order valence-corrected chi connectivity index (χ2v) is 5.81. The minimum absolute atomic E-state index is 0.189. The molecule has 23 heavy (non-hydrogen) atoms. The molecule has 2 aromatic rings. The molecule has 1 saturated heterocycles. The van der Waals surface area contributed by atoms with Crippen LogP contribution in [0.5, 0.6) is 5.75 Å². The third kappa shape index (κ3) is 4.24. The number of halogens is 1. The maximum absolute atomic E-state index is 12.2. The first-order valence-electron chi connectivity index (χ1n) is 7.63. The second kappa shape index (κ2) is 7.49. The molecule has 5 heteroatoms. The summed E-state index contributed by atoms with van der Waals surface area (Å²) in [7, 11) is 0. The van der Waals surface area contributed by atoms with Crippen molar-refractivity contribution in [1.82, 2.24) is 0 Å². The monoisotopic (exact) mass is 331 g/mol. The van der Waals surface area contributed by atoms with Crippen LogP contribution in [0.3, 0.4) is 0 Å². The van der Waals surface area contributed by atoms with E-state index in [4.69, 9.17) is 21.1 Å². The Hall–Kier alpha value is -2.04. The Morgan fingerprint density at radius 2 is 2.00 bits per heavy atom. The number of rotatable bonds is 5. The van der Waals surface area contributed by atoms with E-state index < -0.39 is 0 Å². The van der Waals surface area contributed by atoms with E-state index in [0.29, 0.717) is 22.9 Å². The zero-order chi connectivity index (χ0) is 16.1. The lowest BCUT2D eigenvalue weighted by Gasteiger charge is -2.12. The number of nitrogens with one attached hydrogen (secondary N) is 1. The van der Waals surface area contributed by atoms with Crippen LogP contribution in [-0.2, 0) is 4.74 Å². The third-order valence-electron chi connectivity index (χ3n) is 3.69. The van der Waals surface area contributed by atoms with Gasteiger partial charge in [0.05, 0.1) is 16.7 Å². The van der Waals surface area contributed by atoms with E-state index in [1.54, 1.807) is 36.4 Å². The smallest absolute Gasteiger partial charge is 0.257 e. The largest absolute Gasteiger partial charge is 0.491 e. The van der Waals surface area contributed by atoms with Gasteiger partial charge < -0.3 is 14.8 Å². The van der Waals surface area contributed by atoms with Crippen molar-refractivity contribution in [1.29, 1.82) is 0 Å². The minimum atomic E-state index is -0.233. The lowest BCUT2D eigenvalue weighted by Crippen LogP contribution is -2.16. The molecule has 1 aliphatic rings. The van der Waals surface area contributed by atoms with Gasteiger partial charge >= 0.3 is 0 Å². The number of benzene rings is 2. The van der Waals surface area contributed by atoms with Crippen molar-refractivity contribution in [2.45, 2.75) is 18.9 Å². The molecule has 1 N–H and O–H groups in total. The molecule has 3 rings (SSSR count). The van der Waals surface area contributed by atoms with Crippen molar-refractivity contribution in [3.05, 3.63) is 59.1 Å². The summed E-state index contributed by atoms with van der Waals surface area (Å²) in [4.78, 5) is 12.2. The number of ether oxygens (including phenoxy) is 2. The molecule has 1 amide bonds. The van der Waals surface area contributed by atoms with Gasteiger partial charge in [0.1, 0.15) is 12.4 Å². The van der Waals surface area contributed by atoms with Crippen LogP contribution in [0.2, 0.25) is 5.02 Å². The van der Waals surface area contributed by atoms with Gasteiger partial charge in [-0.2, -0.15) is 0 Å². The zero-order valence-electron chi connectivity index (χ0n) is 12.6. The van der Waals surface area contributed by atoms with Gasteiger partial charge in [-0.1, -0.05) is 23.7 Å². The molecular formula is C18H18ClNO3. The van der Waals surface area contributed by atoms with E-state index in [1.807, 2.05) is 12.1 Å². The molecule has 1 unspecified atom stereocenters. The Labute approximate surface area is 140 Å². The van der Waals surface area contributed by atoms with Gasteiger partial charge in [0.2, 0.25) is 0 Å². The molecular weight excluding hydrogens is 314 g/mol. The predicted octanol–water partition coefficient (Wildman–Crippen LogP) is 4.15. The quantitative estimate of drug-likeness (QED) is 0.895. The molecule has 0 radical (unpaired) electrons. The molecule has 1 aliphatic heterocycles. The van der Waals surface area contributed by atoms with Gasteiger partial charge in [-0.15, -0.1) is 0 Å². The van der Waals surface area contributed by atoms with Crippen LogP contribution < -0.4 is 10.1 Å². The molecule has 1 fully saturated rings. The molecule has 4 nitrogen and oxygen atoms in total. The number of carbonyl (C=O) groups is 1. The second-order valence-electron chi connectivity index (χ2n) is 5.40. The van der Waals surface area contributed by atoms with Gasteiger partial charge in [0.25, 0.3) is 5.91 Å². The summed E-state index contributed by atoms with van der Waals surface area (Å²) in [6.45, 7) is 1.38. The Balaban J connectivity index is 1.56. The van der Waals surface area contributed by atoms with Gasteiger partial charge in [-0.05, 0) is 49.2 Å². The van der Waals surface area contributed by atoms with Crippen LogP contribution in [0.1, 0.15) is 23.2 Å². The van der Waals surface area contributed by atoms with Gasteiger partial charge in [0.15, 0.2) is 0 Å². The maximum Gasteiger partial charge on any atom is 0.257 e. The fourth-order valence-corrected chi connectivity index (χ4v) is 2.66. The van der Waals surface area contributed by atoms with Crippen molar-refractivity contribution in [2.24, 2.45) is 0 Å². The standard InChI is InChI=1S/C18H18ClNO3/c19-17-6-2-1-5-16(17)18(21)20-13-7-9-14(10-8-13)23-12-15-4-3-11-22-15/h1-2,5-10,15H,3-4,11-12H2,(H,20,21). The fourth-order valence-electron chi connectivity index (χ4n) is 2.44. The van der Waals surface area contributed by atoms with Gasteiger partial charge in [0, 0.05) is 12.3 Å². The SMILES string of the molecule is O=C(Nc1ccc(OCC2CCCO2)cc1)c1ccccc1Cl. The number of anilines is 1. The average molecular weight is 332 g/mol. The number of amides is 1. The van der Waals surface area contributed by atoms with Crippen molar-refractivity contribution >= 4 is 23.2 Å². The lowest BCUT2D eigenvalue weighted by molar-refractivity contribution is 0.0679. The summed E-state index contributed by atoms with van der Waals surface area (Å²) in [5, 5.41) is 3.25. The van der Waals surface area contributed by atoms with Crippen LogP contribution in [0, 0.1) is 0 Å². The summed E-state index contributed by atoms with van der Waals surface area (Å²) >= 11 is 6.02. The Morgan fingerprint density at radius 3 is 2.70 bits per heavy atom. The number of hydrogen-bond acceptors (Lipinski definition) is 3. The Kier molecular flexibility index (Phi) is 5.16. The Morgan fingerprint density at radius 1 is 1.22 bits per heavy atom. The maximum atomic E-state index is 12.2. The van der Waals surface area contributed by atoms with Crippen LogP contribution >= 0.6 is 11.6 Å². The highest BCUT2D eigenvalue weighted by molar-refractivity contribution is 6.34. The lowest BCUT2D eigenvalue weighted by atomic mass is 10.2. The third-order valence-corrected chi connectivity index (χ3v) is 4.02. The fraction of sp³-hybridized carbons (Fsp3) is 0.278. The number of hydrogen-bond donors (Lipinski definition) is 1. The molecule has 1 heterocycles. The van der Waals surface area contributed by atoms with Crippen molar-refractivity contribution < 1.29 is 14.3 Å². The first-order valence-corrected chi connectivity index (χ1v) is 8.00. The van der Waals surface area contributed by atoms with Crippen molar-refractivity contribution in [3.8, 4) is 5.75 Å². The van der Waals surface area contributed by atoms with E-state index in [1.165, 1.54) is 0 Å². The molecule has 120 valence electrons. The summed E-state index contributed by atoms with van der Waals surface area (Å²) in [6, 6.07) is 14.2. The molecule has 1 atom stereocenters. The normalized spacial score (nSPS) is 17.0. The number of carbonyl (C=O) groups excluding carboxylic acids is 1. The van der Waals surface area contributed by atoms with Crippen molar-refractivity contribution in [2.75, 3.05) is 18.5 Å². The molecule has 2 aromatic carbocycles.